The first-order chi connectivity index (χ1) is 9.57. The standard InChI is InChI=1S/C13H20N4O3/c1-2-13(11(18)19)3-7-17(8-4-13)12(20)16-9-10-14-5-6-15-10/h5-6H,2-4,7-9H2,1H3,(H,14,15)(H,16,20)(H,18,19). The molecule has 20 heavy (non-hydrogen) atoms. The van der Waals surface area contributed by atoms with Crippen LogP contribution >= 0.6 is 0 Å². The Labute approximate surface area is 117 Å². The number of imidazole rings is 1. The number of amides is 2. The number of hydrogen-bond donors (Lipinski definition) is 3. The molecule has 1 aromatic rings. The van der Waals surface area contributed by atoms with Crippen LogP contribution < -0.4 is 5.32 Å². The quantitative estimate of drug-likeness (QED) is 0.771. The first-order valence-electron chi connectivity index (χ1n) is 6.82. The predicted octanol–water partition coefficient (Wildman–Crippen LogP) is 1.20. The van der Waals surface area contributed by atoms with Crippen LogP contribution in [-0.2, 0) is 11.3 Å². The number of aliphatic carboxylic acids is 1. The predicted molar refractivity (Wildman–Crippen MR) is 72.0 cm³/mol. The Hall–Kier alpha value is -2.05. The Morgan fingerprint density at radius 1 is 1.50 bits per heavy atom. The van der Waals surface area contributed by atoms with Crippen LogP contribution in [0.3, 0.4) is 0 Å². The van der Waals surface area contributed by atoms with Crippen LogP contribution in [0.4, 0.5) is 4.79 Å². The molecule has 7 heteroatoms. The number of hydrogen-bond acceptors (Lipinski definition) is 3. The summed E-state index contributed by atoms with van der Waals surface area (Å²) in [5.41, 5.74) is -0.669. The number of carboxylic acids is 1. The van der Waals surface area contributed by atoms with Crippen molar-refractivity contribution < 1.29 is 14.7 Å². The first kappa shape index (κ1) is 14.4. The van der Waals surface area contributed by atoms with Gasteiger partial charge in [-0.2, -0.15) is 0 Å². The Kier molecular flexibility index (Phi) is 4.26. The van der Waals surface area contributed by atoms with Crippen molar-refractivity contribution in [3.8, 4) is 0 Å². The Morgan fingerprint density at radius 3 is 2.70 bits per heavy atom. The fourth-order valence-corrected chi connectivity index (χ4v) is 2.52. The highest BCUT2D eigenvalue weighted by atomic mass is 16.4. The van der Waals surface area contributed by atoms with Crippen molar-refractivity contribution in [2.75, 3.05) is 13.1 Å². The molecule has 0 aliphatic carbocycles. The molecule has 0 atom stereocenters. The lowest BCUT2D eigenvalue weighted by Gasteiger charge is -2.38. The van der Waals surface area contributed by atoms with Gasteiger partial charge in [-0.1, -0.05) is 6.92 Å². The maximum atomic E-state index is 12.0. The van der Waals surface area contributed by atoms with Crippen molar-refractivity contribution in [2.45, 2.75) is 32.7 Å². The second kappa shape index (κ2) is 5.94. The lowest BCUT2D eigenvalue weighted by atomic mass is 9.76. The van der Waals surface area contributed by atoms with Crippen LogP contribution in [0.1, 0.15) is 32.0 Å². The molecule has 0 aromatic carbocycles. The number of nitrogens with zero attached hydrogens (tertiary/aromatic N) is 2. The van der Waals surface area contributed by atoms with Crippen molar-refractivity contribution in [3.63, 3.8) is 0 Å². The zero-order chi connectivity index (χ0) is 14.6. The highest BCUT2D eigenvalue weighted by Gasteiger charge is 2.40. The van der Waals surface area contributed by atoms with Gasteiger partial charge in [-0.3, -0.25) is 4.79 Å². The number of likely N-dealkylation sites (tertiary alicyclic amines) is 1. The lowest BCUT2D eigenvalue weighted by molar-refractivity contribution is -0.151. The minimum Gasteiger partial charge on any atom is -0.481 e. The van der Waals surface area contributed by atoms with Gasteiger partial charge < -0.3 is 20.3 Å². The molecule has 0 bridgehead atoms. The summed E-state index contributed by atoms with van der Waals surface area (Å²) in [5, 5.41) is 12.1. The monoisotopic (exact) mass is 280 g/mol. The zero-order valence-electron chi connectivity index (χ0n) is 11.6. The van der Waals surface area contributed by atoms with Gasteiger partial charge >= 0.3 is 12.0 Å². The second-order valence-electron chi connectivity index (χ2n) is 5.12. The smallest absolute Gasteiger partial charge is 0.317 e. The van der Waals surface area contributed by atoms with Crippen LogP contribution in [0.25, 0.3) is 0 Å². The molecule has 2 rings (SSSR count). The minimum absolute atomic E-state index is 0.170. The van der Waals surface area contributed by atoms with Gasteiger partial charge in [0, 0.05) is 25.5 Å². The molecule has 1 aliphatic rings. The molecule has 0 saturated carbocycles. The van der Waals surface area contributed by atoms with E-state index < -0.39 is 11.4 Å². The minimum atomic E-state index is -0.754. The molecule has 0 radical (unpaired) electrons. The molecular weight excluding hydrogens is 260 g/mol. The van der Waals surface area contributed by atoms with Crippen LogP contribution in [0, 0.1) is 5.41 Å². The van der Waals surface area contributed by atoms with Crippen molar-refractivity contribution in [3.05, 3.63) is 18.2 Å². The summed E-state index contributed by atoms with van der Waals surface area (Å²) in [6, 6.07) is -0.170. The summed E-state index contributed by atoms with van der Waals surface area (Å²) in [4.78, 5) is 31.9. The SMILES string of the molecule is CCC1(C(=O)O)CCN(C(=O)NCc2ncc[nH]2)CC1. The normalized spacial score (nSPS) is 17.8. The Bertz CT molecular complexity index is 464. The molecule has 7 nitrogen and oxygen atoms in total. The van der Waals surface area contributed by atoms with Crippen LogP contribution in [-0.4, -0.2) is 45.1 Å². The highest BCUT2D eigenvalue weighted by molar-refractivity contribution is 5.77. The molecule has 0 unspecified atom stereocenters. The average Bonchev–Trinajstić information content (AvgIpc) is 2.98. The van der Waals surface area contributed by atoms with Gasteiger partial charge in [0.05, 0.1) is 12.0 Å². The topological polar surface area (TPSA) is 98.3 Å². The number of rotatable bonds is 4. The van der Waals surface area contributed by atoms with Crippen LogP contribution in [0.5, 0.6) is 0 Å². The average molecular weight is 280 g/mol. The highest BCUT2D eigenvalue weighted by Crippen LogP contribution is 2.35. The van der Waals surface area contributed by atoms with E-state index >= 15 is 0 Å². The van der Waals surface area contributed by atoms with Gasteiger partial charge in [0.1, 0.15) is 5.82 Å². The van der Waals surface area contributed by atoms with Gasteiger partial charge in [0.15, 0.2) is 0 Å². The molecule has 0 spiro atoms. The van der Waals surface area contributed by atoms with E-state index in [1.54, 1.807) is 17.3 Å². The first-order valence-corrected chi connectivity index (χ1v) is 6.82. The van der Waals surface area contributed by atoms with Gasteiger partial charge in [-0.25, -0.2) is 9.78 Å². The van der Waals surface area contributed by atoms with E-state index in [-0.39, 0.29) is 6.03 Å². The van der Waals surface area contributed by atoms with E-state index in [0.717, 1.165) is 0 Å². The van der Waals surface area contributed by atoms with E-state index in [9.17, 15) is 14.7 Å². The third kappa shape index (κ3) is 2.92. The van der Waals surface area contributed by atoms with Crippen LogP contribution in [0.2, 0.25) is 0 Å². The number of carboxylic acid groups (broad SMARTS) is 1. The van der Waals surface area contributed by atoms with Crippen molar-refractivity contribution >= 4 is 12.0 Å². The number of carbonyl (C=O) groups excluding carboxylic acids is 1. The lowest BCUT2D eigenvalue weighted by Crippen LogP contribution is -2.49. The largest absolute Gasteiger partial charge is 0.481 e. The molecule has 2 amide bonds. The van der Waals surface area contributed by atoms with Crippen molar-refractivity contribution in [1.29, 1.82) is 0 Å². The second-order valence-corrected chi connectivity index (χ2v) is 5.12. The van der Waals surface area contributed by atoms with E-state index in [1.165, 1.54) is 0 Å². The number of aromatic nitrogens is 2. The number of H-pyrrole nitrogens is 1. The number of aromatic amines is 1. The van der Waals surface area contributed by atoms with E-state index in [1.807, 2.05) is 6.92 Å². The summed E-state index contributed by atoms with van der Waals surface area (Å²) in [6.45, 7) is 3.19. The summed E-state index contributed by atoms with van der Waals surface area (Å²) in [5.74, 6) is -0.0561. The molecule has 1 fully saturated rings. The summed E-state index contributed by atoms with van der Waals surface area (Å²) in [6.07, 6.45) is 4.94. The third-order valence-corrected chi connectivity index (χ3v) is 4.10. The summed E-state index contributed by atoms with van der Waals surface area (Å²) >= 11 is 0. The Morgan fingerprint density at radius 2 is 2.20 bits per heavy atom. The van der Waals surface area contributed by atoms with Crippen LogP contribution in [0.15, 0.2) is 12.4 Å². The molecule has 1 aromatic heterocycles. The molecule has 3 N–H and O–H groups in total. The maximum absolute atomic E-state index is 12.0. The summed E-state index contributed by atoms with van der Waals surface area (Å²) < 4.78 is 0. The maximum Gasteiger partial charge on any atom is 0.317 e. The molecule has 1 saturated heterocycles. The van der Waals surface area contributed by atoms with Gasteiger partial charge in [-0.05, 0) is 19.3 Å². The van der Waals surface area contributed by atoms with Gasteiger partial charge in [0.2, 0.25) is 0 Å². The zero-order valence-corrected chi connectivity index (χ0v) is 11.6. The summed E-state index contributed by atoms with van der Waals surface area (Å²) in [7, 11) is 0. The van der Waals surface area contributed by atoms with Gasteiger partial charge in [-0.15, -0.1) is 0 Å². The van der Waals surface area contributed by atoms with E-state index in [0.29, 0.717) is 44.7 Å². The Balaban J connectivity index is 1.84. The fraction of sp³-hybridized carbons (Fsp3) is 0.615. The third-order valence-electron chi connectivity index (χ3n) is 4.10. The van der Waals surface area contributed by atoms with E-state index in [2.05, 4.69) is 15.3 Å². The molecule has 2 heterocycles. The number of urea groups is 1. The van der Waals surface area contributed by atoms with Crippen molar-refractivity contribution in [2.24, 2.45) is 5.41 Å². The van der Waals surface area contributed by atoms with Crippen molar-refractivity contribution in [1.82, 2.24) is 20.2 Å². The van der Waals surface area contributed by atoms with E-state index in [4.69, 9.17) is 0 Å². The number of nitrogens with one attached hydrogen (secondary N) is 2. The number of piperidine rings is 1. The molecule has 110 valence electrons. The fourth-order valence-electron chi connectivity index (χ4n) is 2.52. The number of carbonyl (C=O) groups is 2. The molecular formula is C13H20N4O3. The molecule has 1 aliphatic heterocycles. The van der Waals surface area contributed by atoms with Gasteiger partial charge in [0.25, 0.3) is 0 Å².